The van der Waals surface area contributed by atoms with Crippen molar-refractivity contribution in [3.8, 4) is 5.75 Å². The van der Waals surface area contributed by atoms with E-state index in [0.29, 0.717) is 0 Å². The minimum Gasteiger partial charge on any atom is -0.497 e. The van der Waals surface area contributed by atoms with Crippen molar-refractivity contribution >= 4 is 0 Å². The molecule has 94 valence electrons. The summed E-state index contributed by atoms with van der Waals surface area (Å²) in [6, 6.07) is 8.30. The highest BCUT2D eigenvalue weighted by Gasteiger charge is 2.21. The van der Waals surface area contributed by atoms with Gasteiger partial charge in [0, 0.05) is 12.6 Å². The van der Waals surface area contributed by atoms with E-state index in [4.69, 9.17) is 4.74 Å². The van der Waals surface area contributed by atoms with E-state index in [1.807, 2.05) is 12.1 Å². The van der Waals surface area contributed by atoms with Crippen LogP contribution in [-0.4, -0.2) is 24.4 Å². The number of aliphatic hydroxyl groups is 1. The average molecular weight is 235 g/mol. The van der Waals surface area contributed by atoms with E-state index in [0.717, 1.165) is 31.6 Å². The highest BCUT2D eigenvalue weighted by atomic mass is 16.5. The van der Waals surface area contributed by atoms with Crippen molar-refractivity contribution in [3.05, 3.63) is 29.8 Å². The molecule has 0 bridgehead atoms. The lowest BCUT2D eigenvalue weighted by Gasteiger charge is -2.28. The molecule has 0 spiro atoms. The van der Waals surface area contributed by atoms with Crippen LogP contribution >= 0.6 is 0 Å². The Labute approximate surface area is 103 Å². The van der Waals surface area contributed by atoms with E-state index in [1.165, 1.54) is 12.0 Å². The number of benzene rings is 1. The Morgan fingerprint density at radius 3 is 2.59 bits per heavy atom. The topological polar surface area (TPSA) is 41.5 Å². The van der Waals surface area contributed by atoms with E-state index < -0.39 is 0 Å². The molecule has 1 aliphatic carbocycles. The van der Waals surface area contributed by atoms with Gasteiger partial charge in [-0.1, -0.05) is 25.0 Å². The maximum atomic E-state index is 9.85. The van der Waals surface area contributed by atoms with Gasteiger partial charge in [-0.05, 0) is 30.5 Å². The van der Waals surface area contributed by atoms with Gasteiger partial charge in [-0.25, -0.2) is 0 Å². The van der Waals surface area contributed by atoms with Gasteiger partial charge in [0.1, 0.15) is 5.75 Å². The first kappa shape index (κ1) is 12.4. The molecule has 17 heavy (non-hydrogen) atoms. The number of ether oxygens (including phenoxy) is 1. The van der Waals surface area contributed by atoms with Gasteiger partial charge in [-0.3, -0.25) is 0 Å². The monoisotopic (exact) mass is 235 g/mol. The molecule has 0 aromatic heterocycles. The Balaban J connectivity index is 1.84. The molecule has 0 unspecified atom stereocenters. The van der Waals surface area contributed by atoms with Gasteiger partial charge < -0.3 is 15.2 Å². The van der Waals surface area contributed by atoms with Crippen LogP contribution in [0.25, 0.3) is 0 Å². The average Bonchev–Trinajstić information content (AvgIpc) is 2.38. The Bertz CT molecular complexity index is 337. The lowest BCUT2D eigenvalue weighted by atomic mass is 9.92. The maximum absolute atomic E-state index is 9.85. The SMILES string of the molecule is COc1ccc(CN[C@@H]2CCCC[C@H]2O)cc1. The lowest BCUT2D eigenvalue weighted by molar-refractivity contribution is 0.0902. The first-order chi connectivity index (χ1) is 8.29. The van der Waals surface area contributed by atoms with Gasteiger partial charge in [0.25, 0.3) is 0 Å². The predicted molar refractivity (Wildman–Crippen MR) is 68.1 cm³/mol. The van der Waals surface area contributed by atoms with Crippen LogP contribution in [0.4, 0.5) is 0 Å². The summed E-state index contributed by atoms with van der Waals surface area (Å²) in [6.45, 7) is 0.811. The Hall–Kier alpha value is -1.06. The summed E-state index contributed by atoms with van der Waals surface area (Å²) in [5.41, 5.74) is 1.23. The summed E-state index contributed by atoms with van der Waals surface area (Å²) < 4.78 is 5.12. The molecule has 2 rings (SSSR count). The molecule has 0 amide bonds. The molecular formula is C14H21NO2. The summed E-state index contributed by atoms with van der Waals surface area (Å²) in [6.07, 6.45) is 4.21. The van der Waals surface area contributed by atoms with Gasteiger partial charge in [-0.15, -0.1) is 0 Å². The molecule has 1 aromatic rings. The molecule has 1 saturated carbocycles. The third-order valence-electron chi connectivity index (χ3n) is 3.46. The fourth-order valence-electron chi connectivity index (χ4n) is 2.34. The summed E-state index contributed by atoms with van der Waals surface area (Å²) in [4.78, 5) is 0. The third-order valence-corrected chi connectivity index (χ3v) is 3.46. The summed E-state index contributed by atoms with van der Waals surface area (Å²) >= 11 is 0. The van der Waals surface area contributed by atoms with Crippen molar-refractivity contribution in [2.75, 3.05) is 7.11 Å². The minimum absolute atomic E-state index is 0.179. The van der Waals surface area contributed by atoms with Crippen LogP contribution in [0.5, 0.6) is 5.75 Å². The standard InChI is InChI=1S/C14H21NO2/c1-17-12-8-6-11(7-9-12)10-15-13-4-2-3-5-14(13)16/h6-9,13-16H,2-5,10H2,1H3/t13-,14-/m1/s1. The molecule has 0 heterocycles. The van der Waals surface area contributed by atoms with Crippen molar-refractivity contribution in [3.63, 3.8) is 0 Å². The summed E-state index contributed by atoms with van der Waals surface area (Å²) in [7, 11) is 1.67. The zero-order valence-electron chi connectivity index (χ0n) is 10.4. The molecule has 1 aromatic carbocycles. The fourth-order valence-corrected chi connectivity index (χ4v) is 2.34. The van der Waals surface area contributed by atoms with Gasteiger partial charge in [0.2, 0.25) is 0 Å². The van der Waals surface area contributed by atoms with Crippen LogP contribution in [-0.2, 0) is 6.54 Å². The number of nitrogens with one attached hydrogen (secondary N) is 1. The van der Waals surface area contributed by atoms with Gasteiger partial charge in [0.05, 0.1) is 13.2 Å². The largest absolute Gasteiger partial charge is 0.497 e. The number of aliphatic hydroxyl groups excluding tert-OH is 1. The fraction of sp³-hybridized carbons (Fsp3) is 0.571. The van der Waals surface area contributed by atoms with E-state index in [1.54, 1.807) is 7.11 Å². The van der Waals surface area contributed by atoms with Crippen LogP contribution in [0, 0.1) is 0 Å². The van der Waals surface area contributed by atoms with Crippen LogP contribution in [0.1, 0.15) is 31.2 Å². The van der Waals surface area contributed by atoms with Crippen LogP contribution in [0.3, 0.4) is 0 Å². The molecule has 1 aliphatic rings. The smallest absolute Gasteiger partial charge is 0.118 e. The second kappa shape index (κ2) is 6.03. The number of methoxy groups -OCH3 is 1. The first-order valence-corrected chi connectivity index (χ1v) is 6.34. The van der Waals surface area contributed by atoms with E-state index in [9.17, 15) is 5.11 Å². The molecular weight excluding hydrogens is 214 g/mol. The van der Waals surface area contributed by atoms with Crippen molar-refractivity contribution in [2.45, 2.75) is 44.4 Å². The molecule has 0 radical (unpaired) electrons. The third kappa shape index (κ3) is 3.45. The second-order valence-electron chi connectivity index (χ2n) is 4.69. The van der Waals surface area contributed by atoms with Crippen molar-refractivity contribution in [1.29, 1.82) is 0 Å². The quantitative estimate of drug-likeness (QED) is 0.839. The van der Waals surface area contributed by atoms with Gasteiger partial charge in [-0.2, -0.15) is 0 Å². The first-order valence-electron chi connectivity index (χ1n) is 6.34. The zero-order valence-corrected chi connectivity index (χ0v) is 10.4. The molecule has 2 atom stereocenters. The number of hydrogen-bond acceptors (Lipinski definition) is 3. The molecule has 0 aliphatic heterocycles. The zero-order chi connectivity index (χ0) is 12.1. The molecule has 0 saturated heterocycles. The second-order valence-corrected chi connectivity index (χ2v) is 4.69. The van der Waals surface area contributed by atoms with Crippen molar-refractivity contribution in [2.24, 2.45) is 0 Å². The number of hydrogen-bond donors (Lipinski definition) is 2. The molecule has 3 heteroatoms. The Kier molecular flexibility index (Phi) is 4.40. The maximum Gasteiger partial charge on any atom is 0.118 e. The highest BCUT2D eigenvalue weighted by Crippen LogP contribution is 2.19. The Morgan fingerprint density at radius 2 is 1.94 bits per heavy atom. The van der Waals surface area contributed by atoms with Crippen molar-refractivity contribution in [1.82, 2.24) is 5.32 Å². The van der Waals surface area contributed by atoms with Crippen LogP contribution < -0.4 is 10.1 Å². The number of rotatable bonds is 4. The van der Waals surface area contributed by atoms with E-state index in [2.05, 4.69) is 17.4 Å². The summed E-state index contributed by atoms with van der Waals surface area (Å²) in [5, 5.41) is 13.3. The normalized spacial score (nSPS) is 24.6. The minimum atomic E-state index is -0.179. The predicted octanol–water partition coefficient (Wildman–Crippen LogP) is 2.09. The Morgan fingerprint density at radius 1 is 1.24 bits per heavy atom. The van der Waals surface area contributed by atoms with Gasteiger partial charge in [0.15, 0.2) is 0 Å². The highest BCUT2D eigenvalue weighted by molar-refractivity contribution is 5.27. The van der Waals surface area contributed by atoms with Crippen LogP contribution in [0.2, 0.25) is 0 Å². The molecule has 1 fully saturated rings. The van der Waals surface area contributed by atoms with E-state index in [-0.39, 0.29) is 12.1 Å². The van der Waals surface area contributed by atoms with E-state index >= 15 is 0 Å². The molecule has 2 N–H and O–H groups in total. The van der Waals surface area contributed by atoms with Crippen LogP contribution in [0.15, 0.2) is 24.3 Å². The van der Waals surface area contributed by atoms with Gasteiger partial charge >= 0.3 is 0 Å². The lowest BCUT2D eigenvalue weighted by Crippen LogP contribution is -2.41. The van der Waals surface area contributed by atoms with Crippen molar-refractivity contribution < 1.29 is 9.84 Å². The summed E-state index contributed by atoms with van der Waals surface area (Å²) in [5.74, 6) is 0.881. The molecule has 3 nitrogen and oxygen atoms in total.